The maximum absolute atomic E-state index is 10.9. The van der Waals surface area contributed by atoms with Gasteiger partial charge in [-0.25, -0.2) is 0 Å². The van der Waals surface area contributed by atoms with Gasteiger partial charge in [-0.3, -0.25) is 0 Å². The summed E-state index contributed by atoms with van der Waals surface area (Å²) in [5, 5.41) is 12.0. The molecule has 0 aliphatic heterocycles. The Morgan fingerprint density at radius 2 is 1.30 bits per heavy atom. The molecule has 0 fully saturated rings. The van der Waals surface area contributed by atoms with E-state index in [4.69, 9.17) is 0 Å². The Hall–Kier alpha value is -2.84. The van der Waals surface area contributed by atoms with Crippen molar-refractivity contribution in [2.45, 2.75) is 6.10 Å². The number of hydrogen-bond donors (Lipinski definition) is 2. The van der Waals surface area contributed by atoms with Gasteiger partial charge in [0.15, 0.2) is 0 Å². The van der Waals surface area contributed by atoms with E-state index in [1.165, 1.54) is 0 Å². The summed E-state index contributed by atoms with van der Waals surface area (Å²) >= 11 is 0. The third-order valence-corrected chi connectivity index (χ3v) is 4.19. The molecule has 0 saturated heterocycles. The Morgan fingerprint density at radius 1 is 0.696 bits per heavy atom. The lowest BCUT2D eigenvalue weighted by atomic mass is 9.97. The first kappa shape index (κ1) is 13.8. The molecule has 1 atom stereocenters. The van der Waals surface area contributed by atoms with Crippen molar-refractivity contribution in [2.24, 2.45) is 0 Å². The van der Waals surface area contributed by atoms with Crippen molar-refractivity contribution in [1.29, 1.82) is 0 Å². The molecule has 1 heterocycles. The highest BCUT2D eigenvalue weighted by Gasteiger charge is 2.20. The first-order valence-electron chi connectivity index (χ1n) is 7.73. The number of nitrogens with one attached hydrogen (secondary N) is 1. The third-order valence-electron chi connectivity index (χ3n) is 4.19. The van der Waals surface area contributed by atoms with Crippen LogP contribution < -0.4 is 0 Å². The zero-order valence-corrected chi connectivity index (χ0v) is 12.6. The molecule has 23 heavy (non-hydrogen) atoms. The highest BCUT2D eigenvalue weighted by Crippen LogP contribution is 2.37. The molecule has 0 aliphatic rings. The molecule has 4 rings (SSSR count). The molecule has 2 nitrogen and oxygen atoms in total. The molecular weight excluding hydrogens is 282 g/mol. The maximum atomic E-state index is 10.9. The lowest BCUT2D eigenvalue weighted by Gasteiger charge is -2.13. The van der Waals surface area contributed by atoms with Crippen molar-refractivity contribution in [3.05, 3.63) is 96.2 Å². The van der Waals surface area contributed by atoms with Gasteiger partial charge < -0.3 is 10.1 Å². The van der Waals surface area contributed by atoms with Crippen LogP contribution in [-0.4, -0.2) is 10.1 Å². The zero-order chi connectivity index (χ0) is 15.6. The van der Waals surface area contributed by atoms with Gasteiger partial charge in [0, 0.05) is 16.5 Å². The molecule has 0 bridgehead atoms. The normalized spacial score (nSPS) is 12.4. The minimum absolute atomic E-state index is 0.682. The van der Waals surface area contributed by atoms with Crippen molar-refractivity contribution < 1.29 is 5.11 Å². The zero-order valence-electron chi connectivity index (χ0n) is 12.6. The molecular formula is C21H17NO. The quantitative estimate of drug-likeness (QED) is 0.553. The minimum Gasteiger partial charge on any atom is -0.382 e. The minimum atomic E-state index is -0.682. The van der Waals surface area contributed by atoms with Gasteiger partial charge in [-0.05, 0) is 17.2 Å². The molecule has 0 saturated carbocycles. The molecule has 3 aromatic carbocycles. The molecule has 0 amide bonds. The van der Waals surface area contributed by atoms with Gasteiger partial charge in [-0.1, -0.05) is 78.9 Å². The Labute approximate surface area is 135 Å². The largest absolute Gasteiger partial charge is 0.382 e. The molecule has 0 radical (unpaired) electrons. The lowest BCUT2D eigenvalue weighted by Crippen LogP contribution is -2.01. The number of para-hydroxylation sites is 1. The van der Waals surface area contributed by atoms with Crippen LogP contribution in [0.4, 0.5) is 0 Å². The number of fused-ring (bicyclic) bond motifs is 1. The number of hydrogen-bond acceptors (Lipinski definition) is 1. The number of aromatic amines is 1. The van der Waals surface area contributed by atoms with Crippen molar-refractivity contribution >= 4 is 10.9 Å². The van der Waals surface area contributed by atoms with Gasteiger partial charge in [-0.15, -0.1) is 0 Å². The number of rotatable bonds is 3. The average Bonchev–Trinajstić information content (AvgIpc) is 3.02. The number of benzene rings is 3. The molecule has 0 spiro atoms. The summed E-state index contributed by atoms with van der Waals surface area (Å²) in [5.74, 6) is 0. The Bertz CT molecular complexity index is 926. The third kappa shape index (κ3) is 2.43. The van der Waals surface area contributed by atoms with E-state index in [1.807, 2.05) is 66.7 Å². The van der Waals surface area contributed by atoms with Crippen LogP contribution in [0.5, 0.6) is 0 Å². The van der Waals surface area contributed by atoms with E-state index in [9.17, 15) is 5.11 Å². The summed E-state index contributed by atoms with van der Waals surface area (Å²) in [6.45, 7) is 0. The monoisotopic (exact) mass is 299 g/mol. The lowest BCUT2D eigenvalue weighted by molar-refractivity contribution is 0.217. The van der Waals surface area contributed by atoms with Crippen molar-refractivity contribution in [3.63, 3.8) is 0 Å². The van der Waals surface area contributed by atoms with Gasteiger partial charge in [0.05, 0.1) is 5.69 Å². The van der Waals surface area contributed by atoms with Crippen LogP contribution in [0.3, 0.4) is 0 Å². The summed E-state index contributed by atoms with van der Waals surface area (Å²) in [6.07, 6.45) is -0.682. The Kier molecular flexibility index (Phi) is 3.45. The Balaban J connectivity index is 1.96. The summed E-state index contributed by atoms with van der Waals surface area (Å²) in [6, 6.07) is 28.1. The van der Waals surface area contributed by atoms with E-state index in [0.717, 1.165) is 33.3 Å². The molecule has 2 heteroatoms. The van der Waals surface area contributed by atoms with Gasteiger partial charge >= 0.3 is 0 Å². The molecule has 1 aromatic heterocycles. The van der Waals surface area contributed by atoms with Crippen molar-refractivity contribution in [1.82, 2.24) is 4.98 Å². The van der Waals surface area contributed by atoms with E-state index in [2.05, 4.69) is 23.2 Å². The second-order valence-electron chi connectivity index (χ2n) is 5.64. The van der Waals surface area contributed by atoms with Crippen molar-refractivity contribution in [2.75, 3.05) is 0 Å². The van der Waals surface area contributed by atoms with Crippen LogP contribution >= 0.6 is 0 Å². The van der Waals surface area contributed by atoms with Crippen LogP contribution in [0.1, 0.15) is 17.4 Å². The fourth-order valence-electron chi connectivity index (χ4n) is 3.09. The predicted octanol–water partition coefficient (Wildman–Crippen LogP) is 4.92. The first-order valence-corrected chi connectivity index (χ1v) is 7.73. The maximum Gasteiger partial charge on any atom is 0.119 e. The van der Waals surface area contributed by atoms with Crippen LogP contribution in [-0.2, 0) is 0 Å². The highest BCUT2D eigenvalue weighted by molar-refractivity contribution is 5.97. The van der Waals surface area contributed by atoms with Gasteiger partial charge in [0.2, 0.25) is 0 Å². The molecule has 1 unspecified atom stereocenters. The van der Waals surface area contributed by atoms with E-state index >= 15 is 0 Å². The molecule has 4 aromatic rings. The van der Waals surface area contributed by atoms with E-state index in [0.29, 0.717) is 0 Å². The fourth-order valence-corrected chi connectivity index (χ4v) is 3.09. The predicted molar refractivity (Wildman–Crippen MR) is 94.2 cm³/mol. The van der Waals surface area contributed by atoms with Crippen molar-refractivity contribution in [3.8, 4) is 11.1 Å². The Morgan fingerprint density at radius 3 is 2.04 bits per heavy atom. The van der Waals surface area contributed by atoms with E-state index in [1.54, 1.807) is 0 Å². The van der Waals surface area contributed by atoms with Gasteiger partial charge in [0.25, 0.3) is 0 Å². The summed E-state index contributed by atoms with van der Waals surface area (Å²) in [7, 11) is 0. The number of aliphatic hydroxyl groups is 1. The van der Waals surface area contributed by atoms with Crippen LogP contribution in [0.25, 0.3) is 22.0 Å². The average molecular weight is 299 g/mol. The molecule has 2 N–H and O–H groups in total. The summed E-state index contributed by atoms with van der Waals surface area (Å²) in [5.41, 5.74) is 4.93. The van der Waals surface area contributed by atoms with E-state index in [-0.39, 0.29) is 0 Å². The smallest absolute Gasteiger partial charge is 0.119 e. The SMILES string of the molecule is OC(c1ccccc1)c1[nH]c2ccccc2c1-c1ccccc1. The van der Waals surface area contributed by atoms with E-state index < -0.39 is 6.10 Å². The standard InChI is InChI=1S/C21H17NO/c23-21(16-11-5-2-6-12-16)20-19(15-9-3-1-4-10-15)17-13-7-8-14-18(17)22-20/h1-14,21-23H. The summed E-state index contributed by atoms with van der Waals surface area (Å²) < 4.78 is 0. The topological polar surface area (TPSA) is 36.0 Å². The number of H-pyrrole nitrogens is 1. The molecule has 112 valence electrons. The van der Waals surface area contributed by atoms with Gasteiger partial charge in [-0.2, -0.15) is 0 Å². The number of aliphatic hydroxyl groups excluding tert-OH is 1. The van der Waals surface area contributed by atoms with Gasteiger partial charge in [0.1, 0.15) is 6.10 Å². The second-order valence-corrected chi connectivity index (χ2v) is 5.64. The summed E-state index contributed by atoms with van der Waals surface area (Å²) in [4.78, 5) is 3.41. The van der Waals surface area contributed by atoms with Crippen LogP contribution in [0.15, 0.2) is 84.9 Å². The highest BCUT2D eigenvalue weighted by atomic mass is 16.3. The number of aromatic nitrogens is 1. The van der Waals surface area contributed by atoms with Crippen LogP contribution in [0.2, 0.25) is 0 Å². The molecule has 0 aliphatic carbocycles. The first-order chi connectivity index (χ1) is 11.3. The van der Waals surface area contributed by atoms with Crippen LogP contribution in [0, 0.1) is 0 Å². The fraction of sp³-hybridized carbons (Fsp3) is 0.0476. The second kappa shape index (κ2) is 5.75.